The first kappa shape index (κ1) is 12.1. The molecule has 0 saturated heterocycles. The van der Waals surface area contributed by atoms with E-state index in [1.807, 2.05) is 11.4 Å². The summed E-state index contributed by atoms with van der Waals surface area (Å²) in [5.41, 5.74) is 1.79. The minimum Gasteiger partial charge on any atom is -0.508 e. The number of nitrogens with zero attached hydrogens (tertiary/aromatic N) is 1. The number of rotatable bonds is 0. The van der Waals surface area contributed by atoms with Crippen molar-refractivity contribution in [3.63, 3.8) is 0 Å². The zero-order valence-corrected chi connectivity index (χ0v) is 9.36. The number of halogens is 1. The van der Waals surface area contributed by atoms with Gasteiger partial charge in [-0.2, -0.15) is 0 Å². The molecular formula is C9H10BrNOS. The van der Waals surface area contributed by atoms with Gasteiger partial charge in [-0.3, -0.25) is 4.98 Å². The third-order valence-electron chi connectivity index (χ3n) is 1.10. The molecular weight excluding hydrogens is 250 g/mol. The number of hydrogen-bond acceptors (Lipinski definition) is 3. The van der Waals surface area contributed by atoms with Gasteiger partial charge in [0, 0.05) is 11.6 Å². The van der Waals surface area contributed by atoms with Crippen molar-refractivity contribution in [1.29, 1.82) is 0 Å². The van der Waals surface area contributed by atoms with Crippen molar-refractivity contribution in [2.75, 3.05) is 0 Å². The van der Waals surface area contributed by atoms with Crippen LogP contribution in [-0.4, -0.2) is 10.1 Å². The molecule has 0 radical (unpaired) electrons. The van der Waals surface area contributed by atoms with E-state index < -0.39 is 0 Å². The molecule has 0 unspecified atom stereocenters. The zero-order chi connectivity index (χ0) is 8.65. The number of aromatic nitrogens is 1. The molecule has 0 aliphatic rings. The molecule has 1 heterocycles. The van der Waals surface area contributed by atoms with Gasteiger partial charge in [0.1, 0.15) is 5.75 Å². The number of benzene rings is 1. The van der Waals surface area contributed by atoms with E-state index >= 15 is 0 Å². The van der Waals surface area contributed by atoms with E-state index in [9.17, 15) is 0 Å². The summed E-state index contributed by atoms with van der Waals surface area (Å²) in [5.74, 6) is 0.322. The monoisotopic (exact) mass is 259 g/mol. The predicted molar refractivity (Wildman–Crippen MR) is 60.5 cm³/mol. The molecule has 0 atom stereocenters. The first-order chi connectivity index (χ1) is 5.89. The molecule has 1 aromatic heterocycles. The number of hydrogen-bond donors (Lipinski definition) is 1. The molecule has 2 aromatic rings. The molecule has 0 amide bonds. The van der Waals surface area contributed by atoms with E-state index in [0.29, 0.717) is 5.75 Å². The standard InChI is InChI=1S/C6H6O.C3H3NS.BrH/c7-6-4-2-1-3-5-6;1-2-5-3-4-1;/h1-5,7H;1-3H;1H. The molecule has 1 aromatic carbocycles. The summed E-state index contributed by atoms with van der Waals surface area (Å²) in [6.45, 7) is 0. The Morgan fingerprint density at radius 1 is 1.15 bits per heavy atom. The Kier molecular flexibility index (Phi) is 7.24. The Bertz CT molecular complexity index is 268. The molecule has 0 fully saturated rings. The normalized spacial score (nSPS) is 7.69. The Morgan fingerprint density at radius 3 is 2.08 bits per heavy atom. The van der Waals surface area contributed by atoms with Gasteiger partial charge in [-0.15, -0.1) is 28.3 Å². The predicted octanol–water partition coefficient (Wildman–Crippen LogP) is 3.11. The lowest BCUT2D eigenvalue weighted by Gasteiger charge is -1.82. The van der Waals surface area contributed by atoms with Crippen LogP contribution in [0.15, 0.2) is 47.4 Å². The van der Waals surface area contributed by atoms with Gasteiger partial charge in [0.25, 0.3) is 0 Å². The van der Waals surface area contributed by atoms with Crippen LogP contribution in [0.5, 0.6) is 5.75 Å². The second-order valence-corrected chi connectivity index (χ2v) is 2.77. The third kappa shape index (κ3) is 6.31. The minimum atomic E-state index is 0. The Labute approximate surface area is 91.7 Å². The van der Waals surface area contributed by atoms with Crippen molar-refractivity contribution in [3.05, 3.63) is 47.4 Å². The van der Waals surface area contributed by atoms with Crippen molar-refractivity contribution in [2.24, 2.45) is 0 Å². The van der Waals surface area contributed by atoms with E-state index in [-0.39, 0.29) is 17.0 Å². The Hall–Kier alpha value is -0.870. The minimum absolute atomic E-state index is 0. The fourth-order valence-electron chi connectivity index (χ4n) is 0.604. The SMILES string of the molecule is Br.Oc1ccccc1.c1cscn1. The van der Waals surface area contributed by atoms with Crippen LogP contribution in [-0.2, 0) is 0 Å². The van der Waals surface area contributed by atoms with Gasteiger partial charge in [-0.05, 0) is 12.1 Å². The van der Waals surface area contributed by atoms with E-state index in [1.54, 1.807) is 47.3 Å². The zero-order valence-electron chi connectivity index (χ0n) is 6.83. The van der Waals surface area contributed by atoms with Crippen molar-refractivity contribution >= 4 is 28.3 Å². The van der Waals surface area contributed by atoms with E-state index in [1.165, 1.54) is 0 Å². The average Bonchev–Trinajstić information content (AvgIpc) is 2.62. The quantitative estimate of drug-likeness (QED) is 0.789. The first-order valence-corrected chi connectivity index (χ1v) is 4.40. The Morgan fingerprint density at radius 2 is 1.85 bits per heavy atom. The van der Waals surface area contributed by atoms with Crippen molar-refractivity contribution < 1.29 is 5.11 Å². The molecule has 0 aliphatic heterocycles. The van der Waals surface area contributed by atoms with Crippen molar-refractivity contribution in [3.8, 4) is 5.75 Å². The van der Waals surface area contributed by atoms with E-state index in [0.717, 1.165) is 0 Å². The summed E-state index contributed by atoms with van der Waals surface area (Å²) >= 11 is 1.60. The van der Waals surface area contributed by atoms with Crippen LogP contribution in [0.2, 0.25) is 0 Å². The van der Waals surface area contributed by atoms with Crippen LogP contribution in [0.3, 0.4) is 0 Å². The smallest absolute Gasteiger partial charge is 0.115 e. The molecule has 1 N–H and O–H groups in total. The highest BCUT2D eigenvalue weighted by atomic mass is 79.9. The summed E-state index contributed by atoms with van der Waals surface area (Å²) < 4.78 is 0. The molecule has 0 spiro atoms. The molecule has 0 bridgehead atoms. The molecule has 0 saturated carbocycles. The van der Waals surface area contributed by atoms with Crippen LogP contribution in [0, 0.1) is 0 Å². The lowest BCUT2D eigenvalue weighted by atomic mass is 10.3. The second-order valence-electron chi connectivity index (χ2n) is 2.01. The summed E-state index contributed by atoms with van der Waals surface area (Å²) in [4.78, 5) is 3.74. The number of aromatic hydroxyl groups is 1. The average molecular weight is 260 g/mol. The first-order valence-electron chi connectivity index (χ1n) is 3.46. The summed E-state index contributed by atoms with van der Waals surface area (Å²) in [6.07, 6.45) is 1.77. The molecule has 0 aliphatic carbocycles. The summed E-state index contributed by atoms with van der Waals surface area (Å²) in [7, 11) is 0. The van der Waals surface area contributed by atoms with Gasteiger partial charge in [-0.25, -0.2) is 0 Å². The summed E-state index contributed by atoms with van der Waals surface area (Å²) in [6, 6.07) is 8.71. The third-order valence-corrected chi connectivity index (χ3v) is 1.63. The van der Waals surface area contributed by atoms with Crippen LogP contribution < -0.4 is 0 Å². The van der Waals surface area contributed by atoms with Gasteiger partial charge in [0.2, 0.25) is 0 Å². The number of phenolic OH excluding ortho intramolecular Hbond substituents is 1. The maximum absolute atomic E-state index is 8.63. The lowest BCUT2D eigenvalue weighted by molar-refractivity contribution is 0.475. The van der Waals surface area contributed by atoms with Crippen LogP contribution >= 0.6 is 28.3 Å². The second kappa shape index (κ2) is 7.76. The van der Waals surface area contributed by atoms with E-state index in [2.05, 4.69) is 4.98 Å². The number of thiazole rings is 1. The number of phenols is 1. The molecule has 4 heteroatoms. The Balaban J connectivity index is 0.000000215. The van der Waals surface area contributed by atoms with Crippen LogP contribution in [0.1, 0.15) is 0 Å². The maximum Gasteiger partial charge on any atom is 0.115 e. The fraction of sp³-hybridized carbons (Fsp3) is 0. The van der Waals surface area contributed by atoms with Gasteiger partial charge < -0.3 is 5.11 Å². The van der Waals surface area contributed by atoms with Gasteiger partial charge >= 0.3 is 0 Å². The topological polar surface area (TPSA) is 33.1 Å². The largest absolute Gasteiger partial charge is 0.508 e. The number of para-hydroxylation sites is 1. The highest BCUT2D eigenvalue weighted by molar-refractivity contribution is 8.93. The van der Waals surface area contributed by atoms with E-state index in [4.69, 9.17) is 5.11 Å². The molecule has 2 nitrogen and oxygen atoms in total. The van der Waals surface area contributed by atoms with Crippen molar-refractivity contribution in [1.82, 2.24) is 4.98 Å². The molecule has 13 heavy (non-hydrogen) atoms. The van der Waals surface area contributed by atoms with Gasteiger partial charge in [0.05, 0.1) is 5.51 Å². The van der Waals surface area contributed by atoms with Crippen LogP contribution in [0.25, 0.3) is 0 Å². The lowest BCUT2D eigenvalue weighted by Crippen LogP contribution is -1.56. The fourth-order valence-corrected chi connectivity index (χ4v) is 0.955. The highest BCUT2D eigenvalue weighted by Gasteiger charge is 1.74. The highest BCUT2D eigenvalue weighted by Crippen LogP contribution is 2.02. The molecule has 2 rings (SSSR count). The molecule has 70 valence electrons. The van der Waals surface area contributed by atoms with Crippen LogP contribution in [0.4, 0.5) is 0 Å². The van der Waals surface area contributed by atoms with Gasteiger partial charge in [-0.1, -0.05) is 18.2 Å². The maximum atomic E-state index is 8.63. The van der Waals surface area contributed by atoms with Gasteiger partial charge in [0.15, 0.2) is 0 Å². The van der Waals surface area contributed by atoms with Crippen molar-refractivity contribution in [2.45, 2.75) is 0 Å². The summed E-state index contributed by atoms with van der Waals surface area (Å²) in [5, 5.41) is 10.6.